The normalized spacial score (nSPS) is 13.7. The fourth-order valence-electron chi connectivity index (χ4n) is 8.33. The van der Waals surface area contributed by atoms with Crippen LogP contribution >= 0.6 is 0 Å². The summed E-state index contributed by atoms with van der Waals surface area (Å²) in [6.07, 6.45) is -51.6. The standard InChI is InChI=1S/C32H12BF24.C16H15O2S/c34-25(35,36)13-1-14(26(37,38)39)6-21(5-13)33(22-7-15(27(40,41)42)2-16(8-22)28(43,44)45,23-9-17(29(46,47)48)3-18(10-23)30(49,50)51)24-11-19(31(52,53)54)4-20(12-24)32(55,56)57;1-19(2,17)18-16-14-9-5-3-7-12(14)11-13-8-4-6-10-15(13)16/h1-12H;3-11H,1-2H3/q-1;+1. The molecule has 408 valence electrons. The Kier molecular flexibility index (Phi) is 15.0. The highest BCUT2D eigenvalue weighted by Crippen LogP contribution is 2.42. The quantitative estimate of drug-likeness (QED) is 0.0718. The summed E-state index contributed by atoms with van der Waals surface area (Å²) >= 11 is 0. The highest BCUT2D eigenvalue weighted by atomic mass is 32.3. The van der Waals surface area contributed by atoms with E-state index < -0.39 is 205 Å². The van der Waals surface area contributed by atoms with Crippen molar-refractivity contribution < 1.29 is 114 Å². The summed E-state index contributed by atoms with van der Waals surface area (Å²) < 4.78 is 359. The van der Waals surface area contributed by atoms with Gasteiger partial charge in [-0.3, -0.25) is 4.18 Å². The van der Waals surface area contributed by atoms with Gasteiger partial charge in [0, 0.05) is 10.8 Å². The van der Waals surface area contributed by atoms with Gasteiger partial charge in [-0.05, 0) is 41.1 Å². The second-order valence-electron chi connectivity index (χ2n) is 17.1. The molecule has 0 saturated carbocycles. The van der Waals surface area contributed by atoms with Crippen molar-refractivity contribution in [2.24, 2.45) is 0 Å². The molecule has 0 bridgehead atoms. The van der Waals surface area contributed by atoms with Crippen LogP contribution in [0, 0.1) is 0 Å². The smallest absolute Gasteiger partial charge is 0.285 e. The number of benzene rings is 7. The summed E-state index contributed by atoms with van der Waals surface area (Å²) in [5.41, 5.74) is -30.2. The molecule has 76 heavy (non-hydrogen) atoms. The van der Waals surface area contributed by atoms with Gasteiger partial charge in [-0.25, -0.2) is 0 Å². The lowest BCUT2D eigenvalue weighted by Gasteiger charge is -2.46. The van der Waals surface area contributed by atoms with Gasteiger partial charge in [0.05, 0.1) is 44.5 Å². The number of alkyl halides is 24. The molecule has 0 N–H and O–H groups in total. The minimum atomic E-state index is -6.13. The maximum absolute atomic E-state index is 14.2. The molecule has 7 aromatic carbocycles. The van der Waals surface area contributed by atoms with Crippen LogP contribution in [0.25, 0.3) is 21.5 Å². The summed E-state index contributed by atoms with van der Waals surface area (Å²) in [7, 11) is -2.31. The van der Waals surface area contributed by atoms with Gasteiger partial charge in [-0.15, -0.1) is 0 Å². The van der Waals surface area contributed by atoms with E-state index in [1.54, 1.807) is 12.5 Å². The van der Waals surface area contributed by atoms with E-state index in [0.717, 1.165) is 21.5 Å². The Hall–Kier alpha value is -6.61. The van der Waals surface area contributed by atoms with Crippen molar-refractivity contribution in [2.75, 3.05) is 12.5 Å². The van der Waals surface area contributed by atoms with E-state index in [1.165, 1.54) is 0 Å². The van der Waals surface area contributed by atoms with Crippen LogP contribution in [0.2, 0.25) is 0 Å². The van der Waals surface area contributed by atoms with E-state index in [0.29, 0.717) is 5.75 Å². The zero-order valence-electron chi connectivity index (χ0n) is 37.5. The predicted molar refractivity (Wildman–Crippen MR) is 232 cm³/mol. The first-order chi connectivity index (χ1) is 34.3. The minimum Gasteiger partial charge on any atom is -0.285 e. The topological polar surface area (TPSA) is 26.3 Å². The van der Waals surface area contributed by atoms with Crippen LogP contribution in [-0.4, -0.2) is 18.7 Å². The van der Waals surface area contributed by atoms with Gasteiger partial charge in [0.15, 0.2) is 0 Å². The molecule has 0 aromatic heterocycles. The van der Waals surface area contributed by atoms with Crippen LogP contribution < -0.4 is 26.0 Å². The van der Waals surface area contributed by atoms with E-state index in [1.807, 2.05) is 48.5 Å². The van der Waals surface area contributed by atoms with Gasteiger partial charge in [0.2, 0.25) is 5.75 Å². The summed E-state index contributed by atoms with van der Waals surface area (Å²) in [6, 6.07) is 9.34. The Morgan fingerprint density at radius 1 is 0.316 bits per heavy atom. The monoisotopic (exact) mass is 1130 g/mol. The molecule has 0 spiro atoms. The molecule has 0 aliphatic rings. The van der Waals surface area contributed by atoms with Gasteiger partial charge < -0.3 is 0 Å². The van der Waals surface area contributed by atoms with Crippen molar-refractivity contribution in [1.29, 1.82) is 0 Å². The molecule has 0 radical (unpaired) electrons. The van der Waals surface area contributed by atoms with E-state index in [4.69, 9.17) is 4.18 Å². The molecule has 7 rings (SSSR count). The first kappa shape index (κ1) is 58.7. The van der Waals surface area contributed by atoms with E-state index >= 15 is 0 Å². The maximum Gasteiger partial charge on any atom is 0.416 e. The molecule has 28 heteroatoms. The zero-order chi connectivity index (χ0) is 57.4. The third-order valence-corrected chi connectivity index (χ3v) is 12.0. The third kappa shape index (κ3) is 12.8. The summed E-state index contributed by atoms with van der Waals surface area (Å²) in [5, 5.41) is 4.19. The predicted octanol–water partition coefficient (Wildman–Crippen LogP) is 15.3. The lowest BCUT2D eigenvalue weighted by Crippen LogP contribution is -2.75. The van der Waals surface area contributed by atoms with Crippen LogP contribution in [0.15, 0.2) is 127 Å². The average molecular weight is 1130 g/mol. The van der Waals surface area contributed by atoms with Crippen LogP contribution in [0.3, 0.4) is 0 Å². The first-order valence-electron chi connectivity index (χ1n) is 20.7. The fourth-order valence-corrected chi connectivity index (χ4v) is 8.91. The molecular weight excluding hydrogens is 1110 g/mol. The number of hydrogen-bond acceptors (Lipinski definition) is 2. The Bertz CT molecular complexity index is 2860. The van der Waals surface area contributed by atoms with Crippen molar-refractivity contribution in [3.63, 3.8) is 0 Å². The van der Waals surface area contributed by atoms with Crippen LogP contribution in [0.1, 0.15) is 44.5 Å². The summed E-state index contributed by atoms with van der Waals surface area (Å²) in [4.78, 5) is 0. The maximum atomic E-state index is 14.2. The molecule has 0 saturated heterocycles. The summed E-state index contributed by atoms with van der Waals surface area (Å²) in [5.74, 6) is 0.712. The zero-order valence-corrected chi connectivity index (χ0v) is 38.3. The van der Waals surface area contributed by atoms with Crippen molar-refractivity contribution in [2.45, 2.75) is 49.4 Å². The Morgan fingerprint density at radius 2 is 0.513 bits per heavy atom. The molecule has 0 heterocycles. The molecule has 2 nitrogen and oxygen atoms in total. The highest BCUT2D eigenvalue weighted by molar-refractivity contribution is 7.97. The number of hydrogen-bond donors (Lipinski definition) is 0. The van der Waals surface area contributed by atoms with Crippen LogP contribution in [0.4, 0.5) is 105 Å². The largest absolute Gasteiger partial charge is 0.416 e. The molecule has 0 aliphatic carbocycles. The molecule has 0 unspecified atom stereocenters. The Balaban J connectivity index is 0.000000408. The molecule has 0 amide bonds. The molecule has 0 aliphatic heterocycles. The molecule has 7 aromatic rings. The Labute approximate surface area is 412 Å². The molecule has 0 atom stereocenters. The number of halogens is 24. The lowest BCUT2D eigenvalue weighted by atomic mass is 9.12. The number of rotatable bonds is 6. The van der Waals surface area contributed by atoms with Gasteiger partial charge in [-0.1, -0.05) is 101 Å². The van der Waals surface area contributed by atoms with Gasteiger partial charge >= 0.3 is 49.4 Å². The number of fused-ring (bicyclic) bond motifs is 2. The van der Waals surface area contributed by atoms with E-state index in [9.17, 15) is 110 Å². The van der Waals surface area contributed by atoms with Crippen LogP contribution in [-0.2, 0) is 63.8 Å². The highest BCUT2D eigenvalue weighted by Gasteiger charge is 2.47. The second kappa shape index (κ2) is 19.4. The van der Waals surface area contributed by atoms with Crippen LogP contribution in [0.5, 0.6) is 5.75 Å². The van der Waals surface area contributed by atoms with E-state index in [2.05, 4.69) is 6.07 Å². The lowest BCUT2D eigenvalue weighted by molar-refractivity contribution is -0.144. The first-order valence-corrected chi connectivity index (χ1v) is 23.0. The molecular formula is C48H27BF24O2S. The van der Waals surface area contributed by atoms with Gasteiger partial charge in [0.25, 0.3) is 10.2 Å². The van der Waals surface area contributed by atoms with Gasteiger partial charge in [0.1, 0.15) is 18.7 Å². The third-order valence-electron chi connectivity index (χ3n) is 11.4. The van der Waals surface area contributed by atoms with Crippen molar-refractivity contribution in [1.82, 2.24) is 0 Å². The van der Waals surface area contributed by atoms with Crippen molar-refractivity contribution in [3.8, 4) is 5.75 Å². The van der Waals surface area contributed by atoms with Gasteiger partial charge in [-0.2, -0.15) is 127 Å². The SMILES string of the molecule is C[S+](C)(=O)Oc1c2ccccc2cc2ccccc12.FC(F)(F)c1cc([B-](c2cc(C(F)(F)F)cc(C(F)(F)F)c2)(c2cc(C(F)(F)F)cc(C(F)(F)F)c2)c2cc(C(F)(F)F)cc(C(F)(F)F)c2)cc(C(F)(F)F)c1. The Morgan fingerprint density at radius 3 is 0.697 bits per heavy atom. The van der Waals surface area contributed by atoms with Crippen molar-refractivity contribution >= 4 is 59.8 Å². The molecule has 0 fully saturated rings. The second-order valence-corrected chi connectivity index (χ2v) is 19.5. The summed E-state index contributed by atoms with van der Waals surface area (Å²) in [6.45, 7) is 0. The van der Waals surface area contributed by atoms with E-state index in [-0.39, 0.29) is 0 Å². The van der Waals surface area contributed by atoms with Crippen molar-refractivity contribution in [3.05, 3.63) is 172 Å². The fraction of sp³-hybridized carbons (Fsp3) is 0.208. The minimum absolute atomic E-state index is 0.691. The average Bonchev–Trinajstić information content (AvgIpc) is 3.26.